The second kappa shape index (κ2) is 5.49. The Morgan fingerprint density at radius 1 is 1.42 bits per heavy atom. The molecule has 108 valence electrons. The first kappa shape index (κ1) is 14.3. The van der Waals surface area contributed by atoms with Crippen LogP contribution in [0, 0.1) is 0 Å². The van der Waals surface area contributed by atoms with Crippen molar-refractivity contribution >= 4 is 11.8 Å². The second-order valence-electron chi connectivity index (χ2n) is 5.89. The highest BCUT2D eigenvalue weighted by Crippen LogP contribution is 2.34. The van der Waals surface area contributed by atoms with Crippen LogP contribution in [-0.2, 0) is 14.3 Å². The van der Waals surface area contributed by atoms with Crippen molar-refractivity contribution in [3.05, 3.63) is 0 Å². The Bertz CT molecular complexity index is 364. The van der Waals surface area contributed by atoms with Gasteiger partial charge in [0.1, 0.15) is 5.54 Å². The molecule has 5 nitrogen and oxygen atoms in total. The molecule has 2 atom stereocenters. The Hall–Kier alpha value is -1.10. The van der Waals surface area contributed by atoms with E-state index in [0.717, 1.165) is 25.7 Å². The number of ether oxygens (including phenoxy) is 1. The highest BCUT2D eigenvalue weighted by Gasteiger charge is 2.48. The summed E-state index contributed by atoms with van der Waals surface area (Å²) in [6.07, 6.45) is 3.91. The predicted octanol–water partition coefficient (Wildman–Crippen LogP) is 1.07. The lowest BCUT2D eigenvalue weighted by atomic mass is 9.95. The summed E-state index contributed by atoms with van der Waals surface area (Å²) in [6.45, 7) is 4.43. The van der Waals surface area contributed by atoms with Gasteiger partial charge in [-0.25, -0.2) is 0 Å². The average Bonchev–Trinajstić information content (AvgIpc) is 2.80. The Morgan fingerprint density at radius 2 is 2.05 bits per heavy atom. The Morgan fingerprint density at radius 3 is 2.63 bits per heavy atom. The SMILES string of the molecule is COC(C)CN1C(=O)C2(CCCC2)NC(=O)CC1C. The number of amides is 2. The van der Waals surface area contributed by atoms with Crippen LogP contribution in [0.4, 0.5) is 0 Å². The topological polar surface area (TPSA) is 58.6 Å². The van der Waals surface area contributed by atoms with Gasteiger partial charge in [-0.15, -0.1) is 0 Å². The second-order valence-corrected chi connectivity index (χ2v) is 5.89. The lowest BCUT2D eigenvalue weighted by Crippen LogP contribution is -2.57. The Kier molecular flexibility index (Phi) is 4.13. The predicted molar refractivity (Wildman–Crippen MR) is 71.6 cm³/mol. The molecule has 1 aliphatic heterocycles. The van der Waals surface area contributed by atoms with Crippen LogP contribution < -0.4 is 5.32 Å². The molecule has 2 amide bonds. The van der Waals surface area contributed by atoms with Crippen molar-refractivity contribution in [2.24, 2.45) is 0 Å². The fourth-order valence-corrected chi connectivity index (χ4v) is 3.16. The molecule has 1 aliphatic carbocycles. The molecular formula is C14H24N2O3. The third-order valence-corrected chi connectivity index (χ3v) is 4.38. The van der Waals surface area contributed by atoms with E-state index >= 15 is 0 Å². The van der Waals surface area contributed by atoms with Gasteiger partial charge in [0.15, 0.2) is 0 Å². The van der Waals surface area contributed by atoms with Gasteiger partial charge in [0.2, 0.25) is 11.8 Å². The van der Waals surface area contributed by atoms with Crippen molar-refractivity contribution in [3.8, 4) is 0 Å². The molecule has 0 aromatic heterocycles. The lowest BCUT2D eigenvalue weighted by molar-refractivity contribution is -0.141. The third-order valence-electron chi connectivity index (χ3n) is 4.38. The molecule has 19 heavy (non-hydrogen) atoms. The number of nitrogens with one attached hydrogen (secondary N) is 1. The molecule has 0 aromatic carbocycles. The maximum atomic E-state index is 12.8. The van der Waals surface area contributed by atoms with Crippen LogP contribution in [-0.4, -0.2) is 48.1 Å². The number of nitrogens with zero attached hydrogens (tertiary/aromatic N) is 1. The van der Waals surface area contributed by atoms with Crippen molar-refractivity contribution in [1.82, 2.24) is 10.2 Å². The van der Waals surface area contributed by atoms with E-state index in [1.165, 1.54) is 0 Å². The van der Waals surface area contributed by atoms with Gasteiger partial charge in [0, 0.05) is 26.1 Å². The normalized spacial score (nSPS) is 28.4. The van der Waals surface area contributed by atoms with Crippen molar-refractivity contribution in [3.63, 3.8) is 0 Å². The van der Waals surface area contributed by atoms with E-state index in [4.69, 9.17) is 4.74 Å². The van der Waals surface area contributed by atoms with Crippen molar-refractivity contribution in [2.45, 2.75) is 63.6 Å². The minimum Gasteiger partial charge on any atom is -0.380 e. The first-order valence-corrected chi connectivity index (χ1v) is 7.13. The number of hydrogen-bond acceptors (Lipinski definition) is 3. The summed E-state index contributed by atoms with van der Waals surface area (Å²) < 4.78 is 5.27. The quantitative estimate of drug-likeness (QED) is 0.833. The van der Waals surface area contributed by atoms with Gasteiger partial charge in [0.05, 0.1) is 6.10 Å². The van der Waals surface area contributed by atoms with Gasteiger partial charge in [-0.2, -0.15) is 0 Å². The molecule has 1 N–H and O–H groups in total. The minimum atomic E-state index is -0.644. The maximum absolute atomic E-state index is 12.8. The standard InChI is InChI=1S/C14H24N2O3/c1-10-8-12(17)15-14(6-4-5-7-14)13(18)16(10)9-11(2)19-3/h10-11H,4-9H2,1-3H3,(H,15,17). The molecule has 1 saturated carbocycles. The van der Waals surface area contributed by atoms with Crippen molar-refractivity contribution in [2.75, 3.05) is 13.7 Å². The van der Waals surface area contributed by atoms with E-state index < -0.39 is 5.54 Å². The van der Waals surface area contributed by atoms with Crippen LogP contribution in [0.25, 0.3) is 0 Å². The zero-order valence-electron chi connectivity index (χ0n) is 12.1. The van der Waals surface area contributed by atoms with E-state index in [1.54, 1.807) is 7.11 Å². The molecule has 2 fully saturated rings. The molecule has 5 heteroatoms. The van der Waals surface area contributed by atoms with Crippen LogP contribution in [0.1, 0.15) is 46.0 Å². The highest BCUT2D eigenvalue weighted by molar-refractivity contribution is 5.94. The fraction of sp³-hybridized carbons (Fsp3) is 0.857. The zero-order chi connectivity index (χ0) is 14.0. The smallest absolute Gasteiger partial charge is 0.248 e. The van der Waals surface area contributed by atoms with E-state index in [9.17, 15) is 9.59 Å². The Labute approximate surface area is 114 Å². The first-order valence-electron chi connectivity index (χ1n) is 7.13. The number of hydrogen-bond donors (Lipinski definition) is 1. The fourth-order valence-electron chi connectivity index (χ4n) is 3.16. The highest BCUT2D eigenvalue weighted by atomic mass is 16.5. The molecule has 0 aromatic rings. The molecule has 2 unspecified atom stereocenters. The molecule has 0 radical (unpaired) electrons. The van der Waals surface area contributed by atoms with Crippen LogP contribution in [0.15, 0.2) is 0 Å². The van der Waals surface area contributed by atoms with Crippen molar-refractivity contribution < 1.29 is 14.3 Å². The summed E-state index contributed by atoms with van der Waals surface area (Å²) >= 11 is 0. The maximum Gasteiger partial charge on any atom is 0.248 e. The average molecular weight is 268 g/mol. The number of methoxy groups -OCH3 is 1. The lowest BCUT2D eigenvalue weighted by Gasteiger charge is -2.35. The van der Waals surface area contributed by atoms with E-state index in [0.29, 0.717) is 13.0 Å². The molecule has 1 saturated heterocycles. The summed E-state index contributed by atoms with van der Waals surface area (Å²) in [5.74, 6) is 0.0718. The van der Waals surface area contributed by atoms with Gasteiger partial charge < -0.3 is 15.0 Å². The van der Waals surface area contributed by atoms with Gasteiger partial charge in [-0.05, 0) is 26.7 Å². The zero-order valence-corrected chi connectivity index (χ0v) is 12.1. The number of rotatable bonds is 3. The van der Waals surface area contributed by atoms with Crippen molar-refractivity contribution in [1.29, 1.82) is 0 Å². The molecule has 1 spiro atoms. The number of carbonyl (C=O) groups is 2. The van der Waals surface area contributed by atoms with Gasteiger partial charge in [-0.1, -0.05) is 12.8 Å². The van der Waals surface area contributed by atoms with Crippen LogP contribution in [0.5, 0.6) is 0 Å². The summed E-state index contributed by atoms with van der Waals surface area (Å²) in [4.78, 5) is 26.6. The van der Waals surface area contributed by atoms with Gasteiger partial charge in [-0.3, -0.25) is 9.59 Å². The minimum absolute atomic E-state index is 0.00433. The summed E-state index contributed by atoms with van der Waals surface area (Å²) in [5.41, 5.74) is -0.644. The van der Waals surface area contributed by atoms with E-state index in [1.807, 2.05) is 18.7 Å². The monoisotopic (exact) mass is 268 g/mol. The van der Waals surface area contributed by atoms with Gasteiger partial charge in [0.25, 0.3) is 0 Å². The summed E-state index contributed by atoms with van der Waals surface area (Å²) in [7, 11) is 1.65. The largest absolute Gasteiger partial charge is 0.380 e. The number of carbonyl (C=O) groups excluding carboxylic acids is 2. The van der Waals surface area contributed by atoms with Crippen LogP contribution >= 0.6 is 0 Å². The Balaban J connectivity index is 2.24. The third kappa shape index (κ3) is 2.76. The molecule has 1 heterocycles. The van der Waals surface area contributed by atoms with Gasteiger partial charge >= 0.3 is 0 Å². The van der Waals surface area contributed by atoms with E-state index in [-0.39, 0.29) is 24.0 Å². The molecule has 2 aliphatic rings. The summed E-state index contributed by atoms with van der Waals surface area (Å²) in [6, 6.07) is -0.0647. The van der Waals surface area contributed by atoms with Crippen LogP contribution in [0.3, 0.4) is 0 Å². The van der Waals surface area contributed by atoms with E-state index in [2.05, 4.69) is 5.32 Å². The molecule has 2 rings (SSSR count). The summed E-state index contributed by atoms with van der Waals surface area (Å²) in [5, 5.41) is 2.98. The first-order chi connectivity index (χ1) is 8.98. The van der Waals surface area contributed by atoms with Crippen LogP contribution in [0.2, 0.25) is 0 Å². The molecule has 0 bridgehead atoms. The molecular weight excluding hydrogens is 244 g/mol.